The number of carbonyl (C=O) groups excluding carboxylic acids is 2. The number of nitrogen functional groups attached to an aromatic ring is 1. The lowest BCUT2D eigenvalue weighted by Crippen LogP contribution is -2.41. The van der Waals surface area contributed by atoms with Crippen LogP contribution in [0, 0.1) is 13.1 Å². The van der Waals surface area contributed by atoms with Gasteiger partial charge in [-0.1, -0.05) is 93.7 Å². The van der Waals surface area contributed by atoms with Crippen LogP contribution in [0.4, 0.5) is 17.1 Å². The van der Waals surface area contributed by atoms with E-state index in [1.54, 1.807) is 51.8 Å². The van der Waals surface area contributed by atoms with Gasteiger partial charge in [-0.15, -0.1) is 0 Å². The molecule has 2 amide bonds. The van der Waals surface area contributed by atoms with Crippen molar-refractivity contribution in [2.24, 2.45) is 0 Å². The minimum absolute atomic E-state index is 0.0393. The Kier molecular flexibility index (Phi) is 11.0. The van der Waals surface area contributed by atoms with Crippen molar-refractivity contribution in [3.8, 4) is 22.5 Å². The summed E-state index contributed by atoms with van der Waals surface area (Å²) in [5.74, 6) is -0.116. The van der Waals surface area contributed by atoms with E-state index in [0.29, 0.717) is 70.4 Å². The Hall–Kier alpha value is -5.92. The molecule has 0 bridgehead atoms. The second-order valence-electron chi connectivity index (χ2n) is 13.7. The highest BCUT2D eigenvalue weighted by Crippen LogP contribution is 2.34. The van der Waals surface area contributed by atoms with E-state index in [1.165, 1.54) is 0 Å². The molecule has 0 saturated carbocycles. The fourth-order valence-electron chi connectivity index (χ4n) is 6.86. The van der Waals surface area contributed by atoms with Gasteiger partial charge in [-0.2, -0.15) is 10.2 Å². The standard InChI is InChI=1S/C21H16BrClN4O.C21H18ClN5O/c1-13-11-26(12-14-3-6-16(24-2)7-4-14)21(28)20-10-19(25-27(13)20)17-8-5-15(23)9-18(17)22;1-13-11-26(12-14-3-6-16(24-2)7-4-14)21(28)20-10-19(25-27(13)20)17-8-5-15(22)9-18(17)23/h3-10,13H,11-12H2,1H3;3-10,13H,11-12,23H2,1H3/t2*13-/m00/s1. The maximum absolute atomic E-state index is 13.1. The topological polar surface area (TPSA) is 111 Å². The van der Waals surface area contributed by atoms with Crippen LogP contribution in [0.1, 0.15) is 58.0 Å². The lowest BCUT2D eigenvalue weighted by Gasteiger charge is -2.31. The van der Waals surface area contributed by atoms with E-state index >= 15 is 0 Å². The molecule has 2 atom stereocenters. The number of aromatic nitrogens is 4. The van der Waals surface area contributed by atoms with Crippen LogP contribution in [0.5, 0.6) is 0 Å². The van der Waals surface area contributed by atoms with Gasteiger partial charge >= 0.3 is 0 Å². The van der Waals surface area contributed by atoms with Gasteiger partial charge in [0.05, 0.1) is 36.6 Å². The summed E-state index contributed by atoms with van der Waals surface area (Å²) in [6, 6.07) is 29.2. The van der Waals surface area contributed by atoms with E-state index in [9.17, 15) is 9.59 Å². The van der Waals surface area contributed by atoms with Crippen LogP contribution in [-0.4, -0.2) is 54.3 Å². The van der Waals surface area contributed by atoms with Crippen molar-refractivity contribution in [1.29, 1.82) is 0 Å². The number of rotatable bonds is 6. The van der Waals surface area contributed by atoms with Gasteiger partial charge in [0.2, 0.25) is 0 Å². The highest BCUT2D eigenvalue weighted by molar-refractivity contribution is 9.10. The normalized spacial score (nSPS) is 16.0. The van der Waals surface area contributed by atoms with Crippen molar-refractivity contribution in [2.45, 2.75) is 39.0 Å². The number of hydrogen-bond donors (Lipinski definition) is 1. The van der Waals surface area contributed by atoms with Crippen LogP contribution in [0.15, 0.2) is 102 Å². The van der Waals surface area contributed by atoms with Gasteiger partial charge in [-0.05, 0) is 67.4 Å². The summed E-state index contributed by atoms with van der Waals surface area (Å²) in [6.07, 6.45) is 0. The van der Waals surface area contributed by atoms with Crippen molar-refractivity contribution in [3.63, 3.8) is 0 Å². The summed E-state index contributed by atoms with van der Waals surface area (Å²) < 4.78 is 4.41. The number of fused-ring (bicyclic) bond motifs is 2. The maximum Gasteiger partial charge on any atom is 0.272 e. The van der Waals surface area contributed by atoms with Gasteiger partial charge in [0.1, 0.15) is 11.4 Å². The molecule has 0 unspecified atom stereocenters. The zero-order valence-electron chi connectivity index (χ0n) is 30.3. The molecule has 56 heavy (non-hydrogen) atoms. The summed E-state index contributed by atoms with van der Waals surface area (Å²) >= 11 is 15.5. The molecule has 11 nitrogen and oxygen atoms in total. The quantitative estimate of drug-likeness (QED) is 0.133. The molecular weight excluding hydrogens is 813 g/mol. The lowest BCUT2D eigenvalue weighted by molar-refractivity contribution is 0.0645. The number of carbonyl (C=O) groups is 2. The molecule has 280 valence electrons. The number of amides is 2. The highest BCUT2D eigenvalue weighted by atomic mass is 79.9. The van der Waals surface area contributed by atoms with E-state index in [2.05, 4.69) is 42.7 Å². The molecule has 0 spiro atoms. The third-order valence-corrected chi connectivity index (χ3v) is 10.8. The molecule has 0 aliphatic carbocycles. The van der Waals surface area contributed by atoms with Gasteiger partial charge in [0.15, 0.2) is 11.4 Å². The molecule has 6 aromatic rings. The number of hydrogen-bond acceptors (Lipinski definition) is 5. The second-order valence-corrected chi connectivity index (χ2v) is 15.4. The van der Waals surface area contributed by atoms with Gasteiger partial charge in [-0.3, -0.25) is 19.0 Å². The van der Waals surface area contributed by atoms with Crippen LogP contribution >= 0.6 is 39.1 Å². The Morgan fingerprint density at radius 2 is 1.11 bits per heavy atom. The fraction of sp³-hybridized carbons (Fsp3) is 0.190. The molecule has 4 aromatic carbocycles. The minimum atomic E-state index is -0.0707. The van der Waals surface area contributed by atoms with E-state index in [1.807, 2.05) is 71.3 Å². The van der Waals surface area contributed by atoms with Crippen molar-refractivity contribution in [1.82, 2.24) is 29.4 Å². The molecule has 2 aliphatic heterocycles. The Balaban J connectivity index is 0.000000172. The summed E-state index contributed by atoms with van der Waals surface area (Å²) in [7, 11) is 0. The lowest BCUT2D eigenvalue weighted by atomic mass is 10.1. The molecular formula is C42H34BrCl2N9O2. The number of nitrogens with zero attached hydrogens (tertiary/aromatic N) is 8. The van der Waals surface area contributed by atoms with E-state index in [4.69, 9.17) is 42.1 Å². The molecule has 2 N–H and O–H groups in total. The van der Waals surface area contributed by atoms with Crippen LogP contribution in [0.2, 0.25) is 10.0 Å². The van der Waals surface area contributed by atoms with E-state index in [0.717, 1.165) is 32.4 Å². The Morgan fingerprint density at radius 3 is 1.54 bits per heavy atom. The number of anilines is 1. The molecule has 0 radical (unpaired) electrons. The first-order valence-corrected chi connectivity index (χ1v) is 19.2. The first-order valence-electron chi connectivity index (χ1n) is 17.6. The van der Waals surface area contributed by atoms with Gasteiger partial charge < -0.3 is 15.5 Å². The summed E-state index contributed by atoms with van der Waals surface area (Å²) in [5.41, 5.74) is 14.0. The van der Waals surface area contributed by atoms with Gasteiger partial charge in [-0.25, -0.2) is 9.69 Å². The zero-order valence-corrected chi connectivity index (χ0v) is 33.4. The van der Waals surface area contributed by atoms with Crippen LogP contribution in [-0.2, 0) is 13.1 Å². The fourth-order valence-corrected chi connectivity index (χ4v) is 7.92. The third-order valence-electron chi connectivity index (χ3n) is 9.66. The predicted octanol–water partition coefficient (Wildman–Crippen LogP) is 10.3. The molecule has 14 heteroatoms. The van der Waals surface area contributed by atoms with Crippen molar-refractivity contribution in [2.75, 3.05) is 18.8 Å². The SMILES string of the molecule is [C-]#[N+]c1ccc(CN2C[C@H](C)n3nc(-c4ccc(Cl)cc4Br)cc3C2=O)cc1.[C-]#[N+]c1ccc(CN2C[C@H](C)n3nc(-c4ccc(Cl)cc4N)cc3C2=O)cc1. The average molecular weight is 848 g/mol. The zero-order chi connectivity index (χ0) is 39.7. The Bertz CT molecular complexity index is 2380. The number of halogens is 3. The van der Waals surface area contributed by atoms with Crippen molar-refractivity contribution < 1.29 is 9.59 Å². The Labute approximate surface area is 342 Å². The minimum Gasteiger partial charge on any atom is -0.398 e. The first-order chi connectivity index (χ1) is 26.9. The van der Waals surface area contributed by atoms with Gasteiger partial charge in [0, 0.05) is 57.5 Å². The van der Waals surface area contributed by atoms with Crippen molar-refractivity contribution >= 4 is 68.0 Å². The third kappa shape index (κ3) is 7.91. The average Bonchev–Trinajstić information content (AvgIpc) is 3.84. The largest absolute Gasteiger partial charge is 0.398 e. The summed E-state index contributed by atoms with van der Waals surface area (Å²) in [6.45, 7) is 20.3. The van der Waals surface area contributed by atoms with E-state index in [-0.39, 0.29) is 23.9 Å². The first kappa shape index (κ1) is 38.4. The van der Waals surface area contributed by atoms with Crippen molar-refractivity contribution in [3.05, 3.63) is 157 Å². The van der Waals surface area contributed by atoms with Crippen LogP contribution in [0.3, 0.4) is 0 Å². The molecule has 0 saturated heterocycles. The van der Waals surface area contributed by atoms with E-state index < -0.39 is 0 Å². The molecule has 2 aliphatic rings. The number of nitrogens with two attached hydrogens (primary N) is 1. The second kappa shape index (κ2) is 16.0. The maximum atomic E-state index is 13.1. The molecule has 2 aromatic heterocycles. The number of benzene rings is 4. The summed E-state index contributed by atoms with van der Waals surface area (Å²) in [4.78, 5) is 36.5. The predicted molar refractivity (Wildman–Crippen MR) is 222 cm³/mol. The molecule has 4 heterocycles. The van der Waals surface area contributed by atoms with Crippen LogP contribution < -0.4 is 5.73 Å². The highest BCUT2D eigenvalue weighted by Gasteiger charge is 2.32. The monoisotopic (exact) mass is 845 g/mol. The van der Waals surface area contributed by atoms with Gasteiger partial charge in [0.25, 0.3) is 11.8 Å². The molecule has 0 fully saturated rings. The smallest absolute Gasteiger partial charge is 0.272 e. The summed E-state index contributed by atoms with van der Waals surface area (Å²) in [5, 5.41) is 10.5. The molecule has 8 rings (SSSR count). The van der Waals surface area contributed by atoms with Crippen LogP contribution in [0.25, 0.3) is 32.2 Å². The Morgan fingerprint density at radius 1 is 0.679 bits per heavy atom.